The molecule has 4 heteroatoms. The second-order valence-corrected chi connectivity index (χ2v) is 1.74. The Labute approximate surface area is 55.6 Å². The van der Waals surface area contributed by atoms with Gasteiger partial charge < -0.3 is 14.2 Å². The second-order valence-electron chi connectivity index (χ2n) is 1.51. The van der Waals surface area contributed by atoms with Crippen LogP contribution in [0.4, 0.5) is 0 Å². The lowest BCUT2D eigenvalue weighted by Gasteiger charge is -1.97. The van der Waals surface area contributed by atoms with Gasteiger partial charge in [0.1, 0.15) is 0 Å². The Balaban J connectivity index is 2.85. The monoisotopic (exact) mass is 145 g/mol. The average molecular weight is 145 g/mol. The highest BCUT2D eigenvalue weighted by atomic mass is 31.0. The molecule has 0 fully saturated rings. The van der Waals surface area contributed by atoms with Crippen molar-refractivity contribution >= 4 is 9.47 Å². The second kappa shape index (κ2) is 2.74. The lowest BCUT2D eigenvalue weighted by atomic mass is 10.5. The Morgan fingerprint density at radius 3 is 2.56 bits per heavy atom. The van der Waals surface area contributed by atoms with E-state index in [1.165, 1.54) is 0 Å². The van der Waals surface area contributed by atoms with Crippen LogP contribution in [0.2, 0.25) is 0 Å². The maximum atomic E-state index is 4.91. The summed E-state index contributed by atoms with van der Waals surface area (Å²) in [6.45, 7) is 0. The fourth-order valence-corrected chi connectivity index (χ4v) is 0.771. The summed E-state index contributed by atoms with van der Waals surface area (Å²) in [5.41, 5.74) is 0. The number of aromatic nitrogens is 1. The largest absolute Gasteiger partial charge is 0.491 e. The van der Waals surface area contributed by atoms with E-state index in [1.807, 2.05) is 0 Å². The first kappa shape index (κ1) is 6.43. The third-order valence-electron chi connectivity index (χ3n) is 1.02. The van der Waals surface area contributed by atoms with Gasteiger partial charge in [0.2, 0.25) is 0 Å². The van der Waals surface area contributed by atoms with Gasteiger partial charge in [0.05, 0.1) is 16.6 Å². The van der Waals surface area contributed by atoms with Gasteiger partial charge in [-0.05, 0) is 0 Å². The summed E-state index contributed by atoms with van der Waals surface area (Å²) in [6, 6.07) is 0. The molecule has 3 nitrogen and oxygen atoms in total. The van der Waals surface area contributed by atoms with Gasteiger partial charge in [0.15, 0.2) is 11.5 Å². The van der Waals surface area contributed by atoms with Gasteiger partial charge in [-0.25, -0.2) is 0 Å². The minimum atomic E-state index is 0.697. The molecule has 9 heavy (non-hydrogen) atoms. The molecule has 0 radical (unpaired) electrons. The third kappa shape index (κ3) is 1.16. The van der Waals surface area contributed by atoms with Gasteiger partial charge >= 0.3 is 0 Å². The van der Waals surface area contributed by atoms with Gasteiger partial charge in [-0.1, -0.05) is 0 Å². The van der Waals surface area contributed by atoms with Crippen LogP contribution in [-0.4, -0.2) is 12.1 Å². The van der Waals surface area contributed by atoms with Crippen LogP contribution in [-0.2, 0) is 0 Å². The molecule has 0 saturated carbocycles. The molecule has 0 spiro atoms. The van der Waals surface area contributed by atoms with Crippen molar-refractivity contribution in [1.29, 1.82) is 0 Å². The number of hydrogen-bond acceptors (Lipinski definition) is 2. The number of rotatable bonds is 2. The predicted octanol–water partition coefficient (Wildman–Crippen LogP) is 1.19. The van der Waals surface area contributed by atoms with E-state index in [0.717, 1.165) is 0 Å². The Kier molecular flexibility index (Phi) is 1.96. The van der Waals surface area contributed by atoms with Crippen LogP contribution < -0.4 is 9.26 Å². The lowest BCUT2D eigenvalue weighted by molar-refractivity contribution is 0.401. The van der Waals surface area contributed by atoms with Crippen LogP contribution in [0.25, 0.3) is 0 Å². The van der Waals surface area contributed by atoms with E-state index in [2.05, 4.69) is 14.5 Å². The van der Waals surface area contributed by atoms with E-state index in [0.29, 0.717) is 11.5 Å². The molecule has 0 amide bonds. The van der Waals surface area contributed by atoms with Gasteiger partial charge in [-0.2, -0.15) is 0 Å². The zero-order valence-corrected chi connectivity index (χ0v) is 6.20. The standard InChI is InChI=1S/C5H8NO2P/c1-7-4-2-6-3-5(4)8-9/h2-3,6H,9H2,1H3. The van der Waals surface area contributed by atoms with E-state index in [4.69, 9.17) is 9.26 Å². The molecule has 0 saturated heterocycles. The summed E-state index contributed by atoms with van der Waals surface area (Å²) in [5.74, 6) is 1.41. The molecule has 1 rings (SSSR count). The molecule has 0 bridgehead atoms. The maximum Gasteiger partial charge on any atom is 0.181 e. The van der Waals surface area contributed by atoms with Crippen molar-refractivity contribution in [2.75, 3.05) is 7.11 Å². The van der Waals surface area contributed by atoms with E-state index in [9.17, 15) is 0 Å². The van der Waals surface area contributed by atoms with Crippen LogP contribution in [0.1, 0.15) is 0 Å². The highest BCUT2D eigenvalue weighted by Crippen LogP contribution is 2.26. The van der Waals surface area contributed by atoms with Crippen molar-refractivity contribution in [1.82, 2.24) is 4.98 Å². The van der Waals surface area contributed by atoms with Crippen molar-refractivity contribution in [3.05, 3.63) is 12.4 Å². The number of H-pyrrole nitrogens is 1. The van der Waals surface area contributed by atoms with Crippen LogP contribution in [0, 0.1) is 0 Å². The zero-order valence-electron chi connectivity index (χ0n) is 5.05. The van der Waals surface area contributed by atoms with Crippen LogP contribution in [0.15, 0.2) is 12.4 Å². The van der Waals surface area contributed by atoms with Crippen molar-refractivity contribution < 1.29 is 9.26 Å². The van der Waals surface area contributed by atoms with Gasteiger partial charge in [0.25, 0.3) is 0 Å². The smallest absolute Gasteiger partial charge is 0.181 e. The van der Waals surface area contributed by atoms with Crippen molar-refractivity contribution in [2.45, 2.75) is 0 Å². The fourth-order valence-electron chi connectivity index (χ4n) is 0.587. The minimum absolute atomic E-state index is 0.697. The van der Waals surface area contributed by atoms with Gasteiger partial charge in [-0.15, -0.1) is 0 Å². The Morgan fingerprint density at radius 2 is 2.11 bits per heavy atom. The first-order valence-corrected chi connectivity index (χ1v) is 2.93. The quantitative estimate of drug-likeness (QED) is 0.634. The minimum Gasteiger partial charge on any atom is -0.491 e. The summed E-state index contributed by atoms with van der Waals surface area (Å²) >= 11 is 0. The fraction of sp³-hybridized carbons (Fsp3) is 0.200. The molecule has 0 aliphatic heterocycles. The molecular weight excluding hydrogens is 137 g/mol. The van der Waals surface area contributed by atoms with Crippen molar-refractivity contribution in [2.24, 2.45) is 0 Å². The highest BCUT2D eigenvalue weighted by Gasteiger charge is 2.00. The van der Waals surface area contributed by atoms with E-state index in [-0.39, 0.29) is 0 Å². The van der Waals surface area contributed by atoms with Crippen molar-refractivity contribution in [3.63, 3.8) is 0 Å². The van der Waals surface area contributed by atoms with E-state index in [1.54, 1.807) is 19.5 Å². The van der Waals surface area contributed by atoms with Gasteiger partial charge in [0, 0.05) is 12.4 Å². The molecular formula is C5H8NO2P. The molecule has 0 aliphatic carbocycles. The molecule has 1 unspecified atom stereocenters. The number of methoxy groups -OCH3 is 1. The summed E-state index contributed by atoms with van der Waals surface area (Å²) in [6.07, 6.45) is 3.44. The third-order valence-corrected chi connectivity index (χ3v) is 1.27. The molecule has 1 aromatic rings. The summed E-state index contributed by atoms with van der Waals surface area (Å²) in [5, 5.41) is 0. The molecule has 1 heterocycles. The summed E-state index contributed by atoms with van der Waals surface area (Å²) in [7, 11) is 3.74. The number of ether oxygens (including phenoxy) is 1. The Bertz CT molecular complexity index is 168. The van der Waals surface area contributed by atoms with Crippen LogP contribution in [0.5, 0.6) is 11.5 Å². The normalized spacial score (nSPS) is 9.11. The first-order valence-electron chi connectivity index (χ1n) is 2.46. The molecule has 0 aromatic carbocycles. The zero-order chi connectivity index (χ0) is 6.69. The summed E-state index contributed by atoms with van der Waals surface area (Å²) < 4.78 is 9.74. The summed E-state index contributed by atoms with van der Waals surface area (Å²) in [4.78, 5) is 2.84. The lowest BCUT2D eigenvalue weighted by Crippen LogP contribution is -1.80. The Hall–Kier alpha value is -0.690. The van der Waals surface area contributed by atoms with Gasteiger partial charge in [-0.3, -0.25) is 0 Å². The molecule has 50 valence electrons. The highest BCUT2D eigenvalue weighted by molar-refractivity contribution is 7.10. The number of aromatic amines is 1. The maximum absolute atomic E-state index is 4.91. The van der Waals surface area contributed by atoms with Crippen LogP contribution >= 0.6 is 9.47 Å². The van der Waals surface area contributed by atoms with E-state index < -0.39 is 0 Å². The Morgan fingerprint density at radius 1 is 1.44 bits per heavy atom. The van der Waals surface area contributed by atoms with Crippen LogP contribution in [0.3, 0.4) is 0 Å². The molecule has 1 atom stereocenters. The predicted molar refractivity (Wildman–Crippen MR) is 37.7 cm³/mol. The topological polar surface area (TPSA) is 34.2 Å². The SMILES string of the molecule is COc1c[nH]cc1OP. The van der Waals surface area contributed by atoms with E-state index >= 15 is 0 Å². The number of nitrogens with one attached hydrogen (secondary N) is 1. The van der Waals surface area contributed by atoms with Crippen molar-refractivity contribution in [3.8, 4) is 11.5 Å². The number of hydrogen-bond donors (Lipinski definition) is 1. The molecule has 1 N–H and O–H groups in total. The average Bonchev–Trinajstić information content (AvgIpc) is 2.33. The molecule has 0 aliphatic rings. The molecule has 1 aromatic heterocycles. The first-order chi connectivity index (χ1) is 4.38.